The summed E-state index contributed by atoms with van der Waals surface area (Å²) in [5, 5.41) is 12.5. The molecule has 3 aliphatic rings. The second-order valence-electron chi connectivity index (χ2n) is 8.84. The topological polar surface area (TPSA) is 81.7 Å². The van der Waals surface area contributed by atoms with E-state index in [4.69, 9.17) is 5.21 Å². The van der Waals surface area contributed by atoms with Crippen LogP contribution in [0.3, 0.4) is 0 Å². The van der Waals surface area contributed by atoms with E-state index in [2.05, 4.69) is 36.5 Å². The monoisotopic (exact) mass is 385 g/mol. The van der Waals surface area contributed by atoms with Crippen molar-refractivity contribution in [1.82, 2.24) is 15.7 Å². The van der Waals surface area contributed by atoms with Crippen LogP contribution >= 0.6 is 0 Å². The number of hydrogen-bond donors (Lipinski definition) is 3. The molecule has 1 aromatic rings. The Bertz CT molecular complexity index is 738. The highest BCUT2D eigenvalue weighted by Crippen LogP contribution is 2.52. The number of amides is 2. The van der Waals surface area contributed by atoms with Gasteiger partial charge in [-0.3, -0.25) is 14.8 Å². The average molecular weight is 386 g/mol. The molecule has 3 fully saturated rings. The van der Waals surface area contributed by atoms with Gasteiger partial charge in [-0.25, -0.2) is 5.48 Å². The number of hydroxylamine groups is 1. The number of carbonyl (C=O) groups excluding carboxylic acids is 2. The van der Waals surface area contributed by atoms with Gasteiger partial charge in [0.1, 0.15) is 0 Å². The van der Waals surface area contributed by atoms with E-state index in [1.165, 1.54) is 11.1 Å². The van der Waals surface area contributed by atoms with Gasteiger partial charge in [-0.1, -0.05) is 31.2 Å². The smallest absolute Gasteiger partial charge is 0.248 e. The van der Waals surface area contributed by atoms with Crippen molar-refractivity contribution in [3.8, 4) is 0 Å². The molecule has 0 unspecified atom stereocenters. The first kappa shape index (κ1) is 19.4. The van der Waals surface area contributed by atoms with Crippen LogP contribution < -0.4 is 10.8 Å². The third kappa shape index (κ3) is 3.80. The molecule has 2 heterocycles. The molecule has 1 spiro atoms. The lowest BCUT2D eigenvalue weighted by atomic mass is 9.81. The van der Waals surface area contributed by atoms with Crippen molar-refractivity contribution in [2.45, 2.75) is 57.4 Å². The summed E-state index contributed by atoms with van der Waals surface area (Å²) in [4.78, 5) is 27.3. The third-order valence-corrected chi connectivity index (χ3v) is 7.06. The standard InChI is InChI=1S/C22H31N3O3/c1-2-15-4-3-5-17(12-15)16-6-10-25(11-7-16)21(27)19-18(20(26)24-28)13-22(8-9-22)14-23-19/h3-5,12,16,18-19,23,28H,2,6-11,13-14H2,1H3,(H,24,26)/t18-,19-/m0/s1. The molecule has 2 atom stereocenters. The van der Waals surface area contributed by atoms with Crippen molar-refractivity contribution in [3.05, 3.63) is 35.4 Å². The summed E-state index contributed by atoms with van der Waals surface area (Å²) in [7, 11) is 0. The predicted molar refractivity (Wildman–Crippen MR) is 106 cm³/mol. The average Bonchev–Trinajstić information content (AvgIpc) is 3.51. The zero-order chi connectivity index (χ0) is 19.7. The molecule has 1 saturated carbocycles. The first-order valence-corrected chi connectivity index (χ1v) is 10.6. The normalized spacial score (nSPS) is 26.9. The Balaban J connectivity index is 1.39. The van der Waals surface area contributed by atoms with Crippen molar-refractivity contribution in [3.63, 3.8) is 0 Å². The molecule has 1 aromatic carbocycles. The van der Waals surface area contributed by atoms with Crippen LogP contribution in [0.15, 0.2) is 24.3 Å². The van der Waals surface area contributed by atoms with Gasteiger partial charge < -0.3 is 10.2 Å². The number of nitrogens with zero attached hydrogens (tertiary/aromatic N) is 1. The summed E-state index contributed by atoms with van der Waals surface area (Å²) in [5.41, 5.74) is 4.66. The molecule has 4 rings (SSSR count). The van der Waals surface area contributed by atoms with Gasteiger partial charge in [0.25, 0.3) is 0 Å². The Morgan fingerprint density at radius 1 is 1.29 bits per heavy atom. The first-order valence-electron chi connectivity index (χ1n) is 10.6. The van der Waals surface area contributed by atoms with Gasteiger partial charge in [0.15, 0.2) is 0 Å². The van der Waals surface area contributed by atoms with E-state index in [0.717, 1.165) is 51.7 Å². The molecule has 2 amide bonds. The predicted octanol–water partition coefficient (Wildman–Crippen LogP) is 2.22. The van der Waals surface area contributed by atoms with Crippen LogP contribution in [0.1, 0.15) is 56.1 Å². The number of rotatable bonds is 4. The highest BCUT2D eigenvalue weighted by atomic mass is 16.5. The van der Waals surface area contributed by atoms with Crippen molar-refractivity contribution >= 4 is 11.8 Å². The lowest BCUT2D eigenvalue weighted by molar-refractivity contribution is -0.145. The highest BCUT2D eigenvalue weighted by molar-refractivity contribution is 5.90. The van der Waals surface area contributed by atoms with E-state index < -0.39 is 17.9 Å². The summed E-state index contributed by atoms with van der Waals surface area (Å²) in [6, 6.07) is 8.25. The second-order valence-corrected chi connectivity index (χ2v) is 8.84. The molecular weight excluding hydrogens is 354 g/mol. The molecular formula is C22H31N3O3. The van der Waals surface area contributed by atoms with Crippen molar-refractivity contribution in [2.24, 2.45) is 11.3 Å². The molecule has 0 radical (unpaired) electrons. The fourth-order valence-corrected chi connectivity index (χ4v) is 4.97. The summed E-state index contributed by atoms with van der Waals surface area (Å²) < 4.78 is 0. The molecule has 2 saturated heterocycles. The summed E-state index contributed by atoms with van der Waals surface area (Å²) in [6.07, 6.45) is 5.81. The van der Waals surface area contributed by atoms with Gasteiger partial charge in [-0.05, 0) is 61.0 Å². The number of likely N-dealkylation sites (tertiary alicyclic amines) is 1. The van der Waals surface area contributed by atoms with Gasteiger partial charge in [0.2, 0.25) is 11.8 Å². The molecule has 1 aliphatic carbocycles. The molecule has 2 aliphatic heterocycles. The Morgan fingerprint density at radius 2 is 2.04 bits per heavy atom. The van der Waals surface area contributed by atoms with Crippen molar-refractivity contribution in [1.29, 1.82) is 0 Å². The fourth-order valence-electron chi connectivity index (χ4n) is 4.97. The molecule has 28 heavy (non-hydrogen) atoms. The number of nitrogens with one attached hydrogen (secondary N) is 2. The summed E-state index contributed by atoms with van der Waals surface area (Å²) in [6.45, 7) is 4.40. The van der Waals surface area contributed by atoms with Crippen LogP contribution in [0, 0.1) is 11.3 Å². The Labute approximate surface area is 166 Å². The quantitative estimate of drug-likeness (QED) is 0.548. The minimum absolute atomic E-state index is 0.00450. The molecule has 6 heteroatoms. The van der Waals surface area contributed by atoms with Crippen LogP contribution in [0.2, 0.25) is 0 Å². The SMILES string of the molecule is CCc1cccc(C2CCN(C(=O)[C@H]3NCC4(CC4)C[C@@H]3C(=O)NO)CC2)c1. The van der Waals surface area contributed by atoms with E-state index in [0.29, 0.717) is 12.3 Å². The first-order chi connectivity index (χ1) is 13.5. The number of aryl methyl sites for hydroxylation is 1. The molecule has 3 N–H and O–H groups in total. The molecule has 0 bridgehead atoms. The molecule has 6 nitrogen and oxygen atoms in total. The van der Waals surface area contributed by atoms with E-state index >= 15 is 0 Å². The van der Waals surface area contributed by atoms with Gasteiger partial charge in [-0.15, -0.1) is 0 Å². The number of piperidine rings is 2. The molecule has 152 valence electrons. The lowest BCUT2D eigenvalue weighted by Gasteiger charge is -2.40. The van der Waals surface area contributed by atoms with E-state index in [9.17, 15) is 9.59 Å². The summed E-state index contributed by atoms with van der Waals surface area (Å²) >= 11 is 0. The van der Waals surface area contributed by atoms with Crippen molar-refractivity contribution < 1.29 is 14.8 Å². The van der Waals surface area contributed by atoms with Crippen LogP contribution in [-0.4, -0.2) is 47.6 Å². The van der Waals surface area contributed by atoms with Gasteiger partial charge in [0, 0.05) is 19.6 Å². The zero-order valence-corrected chi connectivity index (χ0v) is 16.6. The van der Waals surface area contributed by atoms with E-state index in [-0.39, 0.29) is 11.3 Å². The van der Waals surface area contributed by atoms with Crippen molar-refractivity contribution in [2.75, 3.05) is 19.6 Å². The maximum Gasteiger partial charge on any atom is 0.248 e. The Hall–Kier alpha value is -1.92. The van der Waals surface area contributed by atoms with Crippen LogP contribution in [0.5, 0.6) is 0 Å². The number of hydrogen-bond acceptors (Lipinski definition) is 4. The minimum Gasteiger partial charge on any atom is -0.341 e. The Morgan fingerprint density at radius 3 is 2.68 bits per heavy atom. The van der Waals surface area contributed by atoms with E-state index in [1.54, 1.807) is 5.48 Å². The minimum atomic E-state index is -0.529. The van der Waals surface area contributed by atoms with Gasteiger partial charge in [0.05, 0.1) is 12.0 Å². The largest absolute Gasteiger partial charge is 0.341 e. The zero-order valence-electron chi connectivity index (χ0n) is 16.6. The fraction of sp³-hybridized carbons (Fsp3) is 0.636. The molecule has 0 aromatic heterocycles. The summed E-state index contributed by atoms with van der Waals surface area (Å²) in [5.74, 6) is -0.443. The highest BCUT2D eigenvalue weighted by Gasteiger charge is 2.52. The Kier molecular flexibility index (Phi) is 5.43. The number of benzene rings is 1. The maximum absolute atomic E-state index is 13.2. The van der Waals surface area contributed by atoms with E-state index in [1.807, 2.05) is 4.90 Å². The van der Waals surface area contributed by atoms with Gasteiger partial charge in [-0.2, -0.15) is 0 Å². The maximum atomic E-state index is 13.2. The van der Waals surface area contributed by atoms with Crippen LogP contribution in [-0.2, 0) is 16.0 Å². The third-order valence-electron chi connectivity index (χ3n) is 7.06. The second kappa shape index (κ2) is 7.84. The van der Waals surface area contributed by atoms with Crippen LogP contribution in [0.4, 0.5) is 0 Å². The van der Waals surface area contributed by atoms with Gasteiger partial charge >= 0.3 is 0 Å². The number of carbonyl (C=O) groups is 2. The lowest BCUT2D eigenvalue weighted by Crippen LogP contribution is -2.59. The van der Waals surface area contributed by atoms with Crippen LogP contribution in [0.25, 0.3) is 0 Å².